The van der Waals surface area contributed by atoms with E-state index in [0.29, 0.717) is 28.5 Å². The van der Waals surface area contributed by atoms with E-state index in [1.807, 2.05) is 5.21 Å². The first-order chi connectivity index (χ1) is 8.19. The summed E-state index contributed by atoms with van der Waals surface area (Å²) in [5.41, 5.74) is 0.884. The molecule has 8 heteroatoms. The van der Waals surface area contributed by atoms with Crippen LogP contribution in [0.4, 0.5) is 4.79 Å². The predicted octanol–water partition coefficient (Wildman–Crippen LogP) is 0.444. The van der Waals surface area contributed by atoms with Gasteiger partial charge in [0.2, 0.25) is 0 Å². The zero-order valence-corrected chi connectivity index (χ0v) is 8.48. The van der Waals surface area contributed by atoms with Crippen molar-refractivity contribution >= 4 is 18.7 Å². The summed E-state index contributed by atoms with van der Waals surface area (Å²) in [7, 11) is 0. The standard InChI is InChI=1S/C8H6O2.CH2N4O2/c9-5-7-3-1-2-4-8(7)6-10;6-1(7)5-3-2-4-5/h1-6H;(H,3,4)(H,6,7). The maximum absolute atomic E-state index is 10.2. The normalized spacial score (nSPS) is 8.94. The zero-order chi connectivity index (χ0) is 12.7. The molecule has 2 rings (SSSR count). The Morgan fingerprint density at radius 1 is 1.24 bits per heavy atom. The summed E-state index contributed by atoms with van der Waals surface area (Å²) in [4.78, 5) is 30.7. The number of aromatic amines is 1. The highest BCUT2D eigenvalue weighted by Gasteiger charge is 1.99. The van der Waals surface area contributed by atoms with Gasteiger partial charge in [-0.3, -0.25) is 9.59 Å². The van der Waals surface area contributed by atoms with E-state index in [0.717, 1.165) is 0 Å². The maximum Gasteiger partial charge on any atom is 0.450 e. The van der Waals surface area contributed by atoms with Crippen molar-refractivity contribution in [3.63, 3.8) is 0 Å². The molecule has 0 aliphatic heterocycles. The van der Waals surface area contributed by atoms with E-state index in [4.69, 9.17) is 5.11 Å². The molecule has 17 heavy (non-hydrogen) atoms. The molecule has 0 fully saturated rings. The molecule has 0 atom stereocenters. The van der Waals surface area contributed by atoms with Gasteiger partial charge in [-0.2, -0.15) is 5.21 Å². The summed E-state index contributed by atoms with van der Waals surface area (Å²) in [6, 6.07) is 6.65. The summed E-state index contributed by atoms with van der Waals surface area (Å²) < 4.78 is 0. The Kier molecular flexibility index (Phi) is 4.31. The Bertz CT molecular complexity index is 480. The van der Waals surface area contributed by atoms with E-state index >= 15 is 0 Å². The van der Waals surface area contributed by atoms with Gasteiger partial charge in [0.1, 0.15) is 0 Å². The topological polar surface area (TPSA) is 118 Å². The molecule has 0 unspecified atom stereocenters. The van der Waals surface area contributed by atoms with Crippen molar-refractivity contribution in [1.29, 1.82) is 0 Å². The largest absolute Gasteiger partial charge is 0.462 e. The van der Waals surface area contributed by atoms with Crippen LogP contribution in [-0.4, -0.2) is 44.2 Å². The van der Waals surface area contributed by atoms with E-state index in [1.165, 1.54) is 0 Å². The quantitative estimate of drug-likeness (QED) is 0.730. The lowest BCUT2D eigenvalue weighted by molar-refractivity contribution is 0.109. The zero-order valence-electron chi connectivity index (χ0n) is 8.48. The lowest BCUT2D eigenvalue weighted by atomic mass is 10.1. The SMILES string of the molecule is O=C(O)n1nn[nH]1.O=Cc1ccccc1C=O. The molecule has 88 valence electrons. The summed E-state index contributed by atoms with van der Waals surface area (Å²) in [5, 5.41) is 16.0. The van der Waals surface area contributed by atoms with Crippen LogP contribution in [0.5, 0.6) is 0 Å². The first-order valence-electron chi connectivity index (χ1n) is 4.37. The number of aromatic nitrogens is 4. The van der Waals surface area contributed by atoms with Crippen LogP contribution in [0.25, 0.3) is 0 Å². The van der Waals surface area contributed by atoms with Crippen LogP contribution in [-0.2, 0) is 0 Å². The van der Waals surface area contributed by atoms with Gasteiger partial charge in [-0.15, -0.1) is 0 Å². The third-order valence-corrected chi connectivity index (χ3v) is 1.70. The summed E-state index contributed by atoms with van der Waals surface area (Å²) >= 11 is 0. The van der Waals surface area contributed by atoms with Crippen LogP contribution in [0.1, 0.15) is 20.7 Å². The van der Waals surface area contributed by atoms with Gasteiger partial charge in [-0.25, -0.2) is 4.79 Å². The lowest BCUT2D eigenvalue weighted by Crippen LogP contribution is -2.23. The highest BCUT2D eigenvalue weighted by atomic mass is 16.4. The molecule has 0 spiro atoms. The van der Waals surface area contributed by atoms with Gasteiger partial charge in [0, 0.05) is 11.1 Å². The minimum Gasteiger partial charge on any atom is -0.462 e. The first-order valence-corrected chi connectivity index (χ1v) is 4.37. The Morgan fingerprint density at radius 3 is 1.88 bits per heavy atom. The van der Waals surface area contributed by atoms with E-state index < -0.39 is 6.09 Å². The molecule has 0 radical (unpaired) electrons. The minimum atomic E-state index is -1.16. The summed E-state index contributed by atoms with van der Waals surface area (Å²) in [5.74, 6) is 0. The number of nitrogens with zero attached hydrogens (tertiary/aromatic N) is 3. The van der Waals surface area contributed by atoms with Crippen molar-refractivity contribution in [2.24, 2.45) is 0 Å². The van der Waals surface area contributed by atoms with Crippen LogP contribution in [0.2, 0.25) is 0 Å². The average Bonchev–Trinajstić information content (AvgIpc) is 2.26. The molecule has 0 saturated carbocycles. The number of benzene rings is 1. The molecule has 2 N–H and O–H groups in total. The van der Waals surface area contributed by atoms with Crippen LogP contribution in [0.3, 0.4) is 0 Å². The average molecular weight is 236 g/mol. The molecule has 2 aromatic rings. The Balaban J connectivity index is 0.000000181. The third-order valence-electron chi connectivity index (χ3n) is 1.70. The van der Waals surface area contributed by atoms with Crippen LogP contribution in [0, 0.1) is 0 Å². The molecule has 1 aromatic carbocycles. The van der Waals surface area contributed by atoms with Gasteiger partial charge < -0.3 is 5.11 Å². The van der Waals surface area contributed by atoms with Gasteiger partial charge >= 0.3 is 6.09 Å². The second kappa shape index (κ2) is 5.95. The van der Waals surface area contributed by atoms with E-state index in [9.17, 15) is 14.4 Å². The molecule has 0 saturated heterocycles. The molecular weight excluding hydrogens is 228 g/mol. The Morgan fingerprint density at radius 2 is 1.71 bits per heavy atom. The number of carbonyl (C=O) groups is 3. The lowest BCUT2D eigenvalue weighted by Gasteiger charge is -1.94. The fourth-order valence-corrected chi connectivity index (χ4v) is 0.896. The number of carboxylic acid groups (broad SMARTS) is 1. The van der Waals surface area contributed by atoms with E-state index in [2.05, 4.69) is 10.4 Å². The van der Waals surface area contributed by atoms with Crippen molar-refractivity contribution in [2.45, 2.75) is 0 Å². The number of hydrogen-bond acceptors (Lipinski definition) is 5. The number of aldehydes is 2. The number of hydrogen-bond donors (Lipinski definition) is 2. The fourth-order valence-electron chi connectivity index (χ4n) is 0.896. The van der Waals surface area contributed by atoms with Crippen molar-refractivity contribution in [1.82, 2.24) is 20.4 Å². The van der Waals surface area contributed by atoms with Gasteiger partial charge in [-0.1, -0.05) is 29.1 Å². The number of rotatable bonds is 2. The highest BCUT2D eigenvalue weighted by Crippen LogP contribution is 2.01. The number of nitrogens with one attached hydrogen (secondary N) is 1. The van der Waals surface area contributed by atoms with Gasteiger partial charge in [-0.05, 0) is 10.4 Å². The second-order valence-electron chi connectivity index (χ2n) is 2.75. The second-order valence-corrected chi connectivity index (χ2v) is 2.75. The van der Waals surface area contributed by atoms with Crippen molar-refractivity contribution in [3.05, 3.63) is 35.4 Å². The van der Waals surface area contributed by atoms with Gasteiger partial charge in [0.05, 0.1) is 0 Å². The number of carbonyl (C=O) groups excluding carboxylic acids is 2. The summed E-state index contributed by atoms with van der Waals surface area (Å²) in [6.45, 7) is 0. The van der Waals surface area contributed by atoms with Crippen molar-refractivity contribution in [3.8, 4) is 0 Å². The minimum absolute atomic E-state index is 0.442. The fraction of sp³-hybridized carbons (Fsp3) is 0. The molecular formula is C9H8N4O4. The molecule has 8 nitrogen and oxygen atoms in total. The number of H-pyrrole nitrogens is 1. The maximum atomic E-state index is 10.2. The van der Waals surface area contributed by atoms with Crippen LogP contribution >= 0.6 is 0 Å². The van der Waals surface area contributed by atoms with Crippen molar-refractivity contribution < 1.29 is 19.5 Å². The molecule has 0 aliphatic rings. The molecule has 0 amide bonds. The monoisotopic (exact) mass is 236 g/mol. The van der Waals surface area contributed by atoms with E-state index in [-0.39, 0.29) is 0 Å². The Labute approximate surface area is 94.8 Å². The molecule has 1 heterocycles. The van der Waals surface area contributed by atoms with E-state index in [1.54, 1.807) is 24.3 Å². The highest BCUT2D eigenvalue weighted by molar-refractivity contribution is 5.89. The first kappa shape index (κ1) is 12.3. The van der Waals surface area contributed by atoms with Gasteiger partial charge in [0.25, 0.3) is 0 Å². The molecule has 1 aromatic heterocycles. The smallest absolute Gasteiger partial charge is 0.450 e. The van der Waals surface area contributed by atoms with Gasteiger partial charge in [0.15, 0.2) is 12.6 Å². The van der Waals surface area contributed by atoms with Crippen LogP contribution < -0.4 is 0 Å². The van der Waals surface area contributed by atoms with Crippen LogP contribution in [0.15, 0.2) is 24.3 Å². The van der Waals surface area contributed by atoms with Crippen molar-refractivity contribution in [2.75, 3.05) is 0 Å². The summed E-state index contributed by atoms with van der Waals surface area (Å²) in [6.07, 6.45) is 0.183. The molecule has 0 aliphatic carbocycles. The third kappa shape index (κ3) is 3.38. The predicted molar refractivity (Wildman–Crippen MR) is 55.0 cm³/mol. The Hall–Kier alpha value is -2.77. The molecule has 0 bridgehead atoms.